The number of piperazine rings is 1. The number of H-pyrrole nitrogens is 1. The van der Waals surface area contributed by atoms with Crippen molar-refractivity contribution in [1.29, 1.82) is 0 Å². The van der Waals surface area contributed by atoms with Gasteiger partial charge in [0, 0.05) is 42.6 Å². The fourth-order valence-electron chi connectivity index (χ4n) is 5.44. The van der Waals surface area contributed by atoms with Crippen LogP contribution in [0.1, 0.15) is 66.7 Å². The molecule has 1 N–H and O–H groups in total. The Morgan fingerprint density at radius 1 is 1.03 bits per heavy atom. The molecule has 170 valence electrons. The number of rotatable bonds is 4. The average molecular weight is 436 g/mol. The Morgan fingerprint density at radius 3 is 2.53 bits per heavy atom. The lowest BCUT2D eigenvalue weighted by molar-refractivity contribution is 0.119. The maximum absolute atomic E-state index is 13.4. The van der Waals surface area contributed by atoms with Crippen LogP contribution in [0.25, 0.3) is 10.9 Å². The highest BCUT2D eigenvalue weighted by atomic mass is 16.1. The van der Waals surface area contributed by atoms with Crippen LogP contribution in [0.3, 0.4) is 0 Å². The van der Waals surface area contributed by atoms with E-state index in [2.05, 4.69) is 63.3 Å². The molecule has 0 spiro atoms. The van der Waals surface area contributed by atoms with Gasteiger partial charge in [0.1, 0.15) is 6.04 Å². The molecule has 32 heavy (non-hydrogen) atoms. The van der Waals surface area contributed by atoms with Crippen molar-refractivity contribution in [2.75, 3.05) is 33.2 Å². The Balaban J connectivity index is 1.64. The van der Waals surface area contributed by atoms with Gasteiger partial charge in [-0.05, 0) is 67.4 Å². The van der Waals surface area contributed by atoms with Crippen LogP contribution in [0.4, 0.5) is 0 Å². The summed E-state index contributed by atoms with van der Waals surface area (Å²) in [6.07, 6.45) is 5.88. The van der Waals surface area contributed by atoms with Crippen molar-refractivity contribution in [2.24, 2.45) is 0 Å². The number of aryl methyl sites for hydroxylation is 2. The number of aromatic amines is 1. The predicted molar refractivity (Wildman–Crippen MR) is 125 cm³/mol. The number of hydrogen-bond acceptors (Lipinski definition) is 6. The summed E-state index contributed by atoms with van der Waals surface area (Å²) >= 11 is 0. The summed E-state index contributed by atoms with van der Waals surface area (Å²) in [6.45, 7) is 7.85. The minimum atomic E-state index is -0.255. The normalized spacial score (nSPS) is 20.1. The summed E-state index contributed by atoms with van der Waals surface area (Å²) in [7, 11) is 2.15. The molecule has 0 radical (unpaired) electrons. The van der Waals surface area contributed by atoms with E-state index in [9.17, 15) is 4.79 Å². The van der Waals surface area contributed by atoms with Gasteiger partial charge in [0.25, 0.3) is 5.56 Å². The minimum Gasteiger partial charge on any atom is -0.322 e. The summed E-state index contributed by atoms with van der Waals surface area (Å²) in [5.74, 6) is 0.802. The van der Waals surface area contributed by atoms with Crippen LogP contribution in [-0.2, 0) is 0 Å². The third-order valence-electron chi connectivity index (χ3n) is 7.22. The van der Waals surface area contributed by atoms with Crippen molar-refractivity contribution in [1.82, 2.24) is 35.0 Å². The molecule has 5 rings (SSSR count). The van der Waals surface area contributed by atoms with E-state index < -0.39 is 0 Å². The third kappa shape index (κ3) is 3.97. The molecule has 0 bridgehead atoms. The molecular weight excluding hydrogens is 402 g/mol. The van der Waals surface area contributed by atoms with Crippen LogP contribution in [-0.4, -0.2) is 68.2 Å². The Hall–Kier alpha value is -2.58. The zero-order valence-electron chi connectivity index (χ0n) is 19.3. The standard InChI is InChI=1S/C24H33N7O/c1-16-13-17(2)19-15-20(24(32)25-21(19)14-16)22(30-11-9-29(3)10-12-30)23-26-27-28-31(23)18-7-5-4-6-8-18/h13-15,18,22H,4-12H2,1-3H3,(H,25,32). The highest BCUT2D eigenvalue weighted by Crippen LogP contribution is 2.33. The van der Waals surface area contributed by atoms with E-state index in [0.717, 1.165) is 66.9 Å². The lowest BCUT2D eigenvalue weighted by atomic mass is 9.94. The predicted octanol–water partition coefficient (Wildman–Crippen LogP) is 2.97. The summed E-state index contributed by atoms with van der Waals surface area (Å²) in [5, 5.41) is 14.1. The van der Waals surface area contributed by atoms with Crippen LogP contribution >= 0.6 is 0 Å². The van der Waals surface area contributed by atoms with Crippen molar-refractivity contribution in [3.8, 4) is 0 Å². The summed E-state index contributed by atoms with van der Waals surface area (Å²) in [4.78, 5) is 21.3. The second kappa shape index (κ2) is 8.75. The van der Waals surface area contributed by atoms with Gasteiger partial charge in [0.15, 0.2) is 5.82 Å². The van der Waals surface area contributed by atoms with Crippen LogP contribution in [0, 0.1) is 13.8 Å². The van der Waals surface area contributed by atoms with Crippen LogP contribution in [0.15, 0.2) is 23.0 Å². The molecule has 1 aromatic carbocycles. The largest absolute Gasteiger partial charge is 0.322 e. The number of aromatic nitrogens is 5. The smallest absolute Gasteiger partial charge is 0.253 e. The van der Waals surface area contributed by atoms with Crippen molar-refractivity contribution < 1.29 is 0 Å². The Kier molecular flexibility index (Phi) is 5.82. The highest BCUT2D eigenvalue weighted by molar-refractivity contribution is 5.83. The van der Waals surface area contributed by atoms with Crippen molar-refractivity contribution in [3.05, 3.63) is 51.1 Å². The Bertz CT molecular complexity index is 1150. The molecule has 1 saturated heterocycles. The summed E-state index contributed by atoms with van der Waals surface area (Å²) in [5.41, 5.74) is 3.89. The fraction of sp³-hybridized carbons (Fsp3) is 0.583. The molecule has 3 aromatic rings. The summed E-state index contributed by atoms with van der Waals surface area (Å²) < 4.78 is 2.02. The second-order valence-electron chi connectivity index (χ2n) is 9.61. The SMILES string of the molecule is Cc1cc(C)c2cc(C(c3nnnn3C3CCCCC3)N3CCN(C)CC3)c(=O)[nH]c2c1. The quantitative estimate of drug-likeness (QED) is 0.678. The monoisotopic (exact) mass is 435 g/mol. The number of likely N-dealkylation sites (N-methyl/N-ethyl adjacent to an activating group) is 1. The molecule has 2 fully saturated rings. The minimum absolute atomic E-state index is 0.0513. The fourth-order valence-corrected chi connectivity index (χ4v) is 5.44. The molecule has 0 amide bonds. The van der Waals surface area contributed by atoms with Crippen molar-refractivity contribution in [3.63, 3.8) is 0 Å². The lowest BCUT2D eigenvalue weighted by Gasteiger charge is -2.37. The molecule has 1 atom stereocenters. The van der Waals surface area contributed by atoms with Gasteiger partial charge in [-0.25, -0.2) is 4.68 Å². The van der Waals surface area contributed by atoms with Gasteiger partial charge in [-0.2, -0.15) is 0 Å². The molecule has 1 unspecified atom stereocenters. The maximum Gasteiger partial charge on any atom is 0.253 e. The first-order valence-corrected chi connectivity index (χ1v) is 11.9. The first-order valence-electron chi connectivity index (χ1n) is 11.9. The van der Waals surface area contributed by atoms with E-state index in [1.165, 1.54) is 24.8 Å². The number of hydrogen-bond donors (Lipinski definition) is 1. The highest BCUT2D eigenvalue weighted by Gasteiger charge is 2.34. The topological polar surface area (TPSA) is 82.9 Å². The average Bonchev–Trinajstić information content (AvgIpc) is 3.26. The van der Waals surface area contributed by atoms with Gasteiger partial charge in [0.05, 0.1) is 6.04 Å². The van der Waals surface area contributed by atoms with Crippen LogP contribution in [0.5, 0.6) is 0 Å². The van der Waals surface area contributed by atoms with Gasteiger partial charge in [-0.3, -0.25) is 9.69 Å². The molecule has 2 aromatic heterocycles. The summed E-state index contributed by atoms with van der Waals surface area (Å²) in [6, 6.07) is 6.35. The maximum atomic E-state index is 13.4. The third-order valence-corrected chi connectivity index (χ3v) is 7.22. The number of benzene rings is 1. The molecule has 1 saturated carbocycles. The molecule has 8 nitrogen and oxygen atoms in total. The molecule has 3 heterocycles. The van der Waals surface area contributed by atoms with Gasteiger partial charge >= 0.3 is 0 Å². The van der Waals surface area contributed by atoms with Crippen molar-refractivity contribution in [2.45, 2.75) is 58.0 Å². The van der Waals surface area contributed by atoms with E-state index in [1.807, 2.05) is 10.7 Å². The van der Waals surface area contributed by atoms with Gasteiger partial charge in [0.2, 0.25) is 0 Å². The molecule has 1 aliphatic carbocycles. The zero-order valence-corrected chi connectivity index (χ0v) is 19.3. The van der Waals surface area contributed by atoms with Gasteiger partial charge in [-0.15, -0.1) is 5.10 Å². The van der Waals surface area contributed by atoms with E-state index in [1.54, 1.807) is 0 Å². The number of pyridine rings is 1. The number of tetrazole rings is 1. The van der Waals surface area contributed by atoms with Crippen LogP contribution in [0.2, 0.25) is 0 Å². The van der Waals surface area contributed by atoms with Crippen molar-refractivity contribution >= 4 is 10.9 Å². The molecule has 2 aliphatic rings. The van der Waals surface area contributed by atoms with Gasteiger partial charge < -0.3 is 9.88 Å². The second-order valence-corrected chi connectivity index (χ2v) is 9.61. The Labute approximate surface area is 188 Å². The number of nitrogens with zero attached hydrogens (tertiary/aromatic N) is 6. The van der Waals surface area contributed by atoms with Gasteiger partial charge in [-0.1, -0.05) is 25.3 Å². The van der Waals surface area contributed by atoms with E-state index in [0.29, 0.717) is 6.04 Å². The number of nitrogens with one attached hydrogen (secondary N) is 1. The zero-order chi connectivity index (χ0) is 22.2. The number of fused-ring (bicyclic) bond motifs is 1. The molecule has 8 heteroatoms. The first-order chi connectivity index (χ1) is 15.5. The van der Waals surface area contributed by atoms with E-state index in [-0.39, 0.29) is 11.6 Å². The van der Waals surface area contributed by atoms with E-state index in [4.69, 9.17) is 0 Å². The Morgan fingerprint density at radius 2 is 1.78 bits per heavy atom. The van der Waals surface area contributed by atoms with E-state index >= 15 is 0 Å². The molecule has 1 aliphatic heterocycles. The molecular formula is C24H33N7O. The first kappa shape index (κ1) is 21.3. The van der Waals surface area contributed by atoms with Crippen LogP contribution < -0.4 is 5.56 Å². The lowest BCUT2D eigenvalue weighted by Crippen LogP contribution is -2.47.